The van der Waals surface area contributed by atoms with Crippen LogP contribution in [-0.2, 0) is 11.2 Å². The largest absolute Gasteiger partial charge is 0.352 e. The standard InChI is InChI=1S/C17H23N3O2/c1-2-16(21)18-14-7-5-10-19(12-14)17(22)20-11-9-13-6-3-4-8-15(13)20/h3-4,6,8,14H,2,5,7,9-12H2,1H3,(H,18,21)/t14-/m1/s1. The maximum absolute atomic E-state index is 12.8. The van der Waals surface area contributed by atoms with Crippen molar-refractivity contribution in [2.24, 2.45) is 0 Å². The molecule has 22 heavy (non-hydrogen) atoms. The van der Waals surface area contributed by atoms with Gasteiger partial charge in [0.1, 0.15) is 0 Å². The van der Waals surface area contributed by atoms with E-state index in [1.807, 2.05) is 34.9 Å². The Labute approximate surface area is 131 Å². The molecule has 0 saturated carbocycles. The second kappa shape index (κ2) is 6.38. The third-order valence-electron chi connectivity index (χ3n) is 4.50. The normalized spacial score (nSPS) is 20.7. The van der Waals surface area contributed by atoms with E-state index in [4.69, 9.17) is 0 Å². The molecule has 5 heteroatoms. The first-order valence-electron chi connectivity index (χ1n) is 8.12. The summed E-state index contributed by atoms with van der Waals surface area (Å²) in [5.74, 6) is 0.0609. The van der Waals surface area contributed by atoms with E-state index in [9.17, 15) is 9.59 Å². The number of para-hydroxylation sites is 1. The van der Waals surface area contributed by atoms with Gasteiger partial charge >= 0.3 is 6.03 Å². The monoisotopic (exact) mass is 301 g/mol. The van der Waals surface area contributed by atoms with E-state index >= 15 is 0 Å². The van der Waals surface area contributed by atoms with Crippen molar-refractivity contribution < 1.29 is 9.59 Å². The fourth-order valence-corrected chi connectivity index (χ4v) is 3.31. The summed E-state index contributed by atoms with van der Waals surface area (Å²) in [6.07, 6.45) is 3.30. The molecule has 2 heterocycles. The van der Waals surface area contributed by atoms with Gasteiger partial charge in [-0.25, -0.2) is 4.79 Å². The van der Waals surface area contributed by atoms with Crippen LogP contribution in [0, 0.1) is 0 Å². The highest BCUT2D eigenvalue weighted by atomic mass is 16.2. The summed E-state index contributed by atoms with van der Waals surface area (Å²) in [6, 6.07) is 8.25. The Morgan fingerprint density at radius 1 is 1.27 bits per heavy atom. The molecule has 1 N–H and O–H groups in total. The number of carbonyl (C=O) groups is 2. The van der Waals surface area contributed by atoms with Gasteiger partial charge in [0.15, 0.2) is 0 Å². The molecule has 0 aliphatic carbocycles. The zero-order chi connectivity index (χ0) is 15.5. The van der Waals surface area contributed by atoms with Crippen molar-refractivity contribution in [1.82, 2.24) is 10.2 Å². The van der Waals surface area contributed by atoms with Gasteiger partial charge in [-0.05, 0) is 30.9 Å². The molecule has 0 radical (unpaired) electrons. The lowest BCUT2D eigenvalue weighted by Crippen LogP contribution is -2.53. The van der Waals surface area contributed by atoms with Crippen LogP contribution in [0.1, 0.15) is 31.7 Å². The van der Waals surface area contributed by atoms with Gasteiger partial charge in [-0.1, -0.05) is 25.1 Å². The summed E-state index contributed by atoms with van der Waals surface area (Å²) in [6.45, 7) is 3.99. The summed E-state index contributed by atoms with van der Waals surface area (Å²) in [5, 5.41) is 3.01. The van der Waals surface area contributed by atoms with Gasteiger partial charge in [0.2, 0.25) is 5.91 Å². The predicted octanol–water partition coefficient (Wildman–Crippen LogP) is 2.16. The quantitative estimate of drug-likeness (QED) is 0.910. The lowest BCUT2D eigenvalue weighted by atomic mass is 10.1. The number of piperidine rings is 1. The number of nitrogens with one attached hydrogen (secondary N) is 1. The molecule has 1 aromatic rings. The van der Waals surface area contributed by atoms with Crippen LogP contribution < -0.4 is 10.2 Å². The number of hydrogen-bond acceptors (Lipinski definition) is 2. The summed E-state index contributed by atoms with van der Waals surface area (Å²) < 4.78 is 0. The first kappa shape index (κ1) is 14.9. The van der Waals surface area contributed by atoms with E-state index in [0.717, 1.165) is 38.0 Å². The topological polar surface area (TPSA) is 52.7 Å². The molecule has 5 nitrogen and oxygen atoms in total. The number of hydrogen-bond donors (Lipinski definition) is 1. The summed E-state index contributed by atoms with van der Waals surface area (Å²) in [7, 11) is 0. The van der Waals surface area contributed by atoms with Crippen LogP contribution in [0.25, 0.3) is 0 Å². The molecule has 1 aromatic carbocycles. The van der Waals surface area contributed by atoms with Gasteiger partial charge in [-0.15, -0.1) is 0 Å². The number of urea groups is 1. The van der Waals surface area contributed by atoms with Gasteiger partial charge < -0.3 is 10.2 Å². The Kier molecular flexibility index (Phi) is 4.32. The number of likely N-dealkylation sites (tertiary alicyclic amines) is 1. The average molecular weight is 301 g/mol. The van der Waals surface area contributed by atoms with Crippen molar-refractivity contribution >= 4 is 17.6 Å². The van der Waals surface area contributed by atoms with E-state index < -0.39 is 0 Å². The van der Waals surface area contributed by atoms with Crippen LogP contribution >= 0.6 is 0 Å². The number of amides is 3. The highest BCUT2D eigenvalue weighted by molar-refractivity contribution is 5.94. The Morgan fingerprint density at radius 2 is 2.09 bits per heavy atom. The molecule has 2 aliphatic rings. The minimum atomic E-state index is 0.0609. The number of anilines is 1. The second-order valence-electron chi connectivity index (χ2n) is 6.02. The number of rotatable bonds is 2. The maximum atomic E-state index is 12.8. The fourth-order valence-electron chi connectivity index (χ4n) is 3.31. The zero-order valence-corrected chi connectivity index (χ0v) is 13.0. The van der Waals surface area contributed by atoms with Crippen LogP contribution in [0.15, 0.2) is 24.3 Å². The molecular formula is C17H23N3O2. The van der Waals surface area contributed by atoms with Crippen molar-refractivity contribution in [2.75, 3.05) is 24.5 Å². The number of nitrogens with zero attached hydrogens (tertiary/aromatic N) is 2. The molecule has 0 unspecified atom stereocenters. The smallest absolute Gasteiger partial charge is 0.324 e. The van der Waals surface area contributed by atoms with Crippen LogP contribution in [0.4, 0.5) is 10.5 Å². The van der Waals surface area contributed by atoms with Gasteiger partial charge in [0.05, 0.1) is 0 Å². The van der Waals surface area contributed by atoms with Crippen molar-refractivity contribution in [3.8, 4) is 0 Å². The molecule has 1 atom stereocenters. The SMILES string of the molecule is CCC(=O)N[C@@H]1CCCN(C(=O)N2CCc3ccccc32)C1. The average Bonchev–Trinajstić information content (AvgIpc) is 2.98. The second-order valence-corrected chi connectivity index (χ2v) is 6.02. The van der Waals surface area contributed by atoms with Crippen LogP contribution in [0.5, 0.6) is 0 Å². The molecule has 3 rings (SSSR count). The van der Waals surface area contributed by atoms with Crippen LogP contribution in [-0.4, -0.2) is 42.5 Å². The van der Waals surface area contributed by atoms with Crippen molar-refractivity contribution in [1.29, 1.82) is 0 Å². The van der Waals surface area contributed by atoms with E-state index in [1.54, 1.807) is 0 Å². The molecule has 1 fully saturated rings. The first-order valence-corrected chi connectivity index (χ1v) is 8.12. The molecule has 0 aromatic heterocycles. The minimum Gasteiger partial charge on any atom is -0.352 e. The molecule has 0 bridgehead atoms. The minimum absolute atomic E-state index is 0.0609. The van der Waals surface area contributed by atoms with Gasteiger partial charge in [-0.2, -0.15) is 0 Å². The Bertz CT molecular complexity index is 573. The van der Waals surface area contributed by atoms with Gasteiger partial charge in [-0.3, -0.25) is 9.69 Å². The van der Waals surface area contributed by atoms with E-state index in [-0.39, 0.29) is 18.0 Å². The first-order chi connectivity index (χ1) is 10.7. The molecule has 2 aliphatic heterocycles. The van der Waals surface area contributed by atoms with Gasteiger partial charge in [0.25, 0.3) is 0 Å². The lowest BCUT2D eigenvalue weighted by Gasteiger charge is -2.35. The molecule has 1 saturated heterocycles. The fraction of sp³-hybridized carbons (Fsp3) is 0.529. The van der Waals surface area contributed by atoms with Crippen LogP contribution in [0.2, 0.25) is 0 Å². The third-order valence-corrected chi connectivity index (χ3v) is 4.50. The predicted molar refractivity (Wildman–Crippen MR) is 85.9 cm³/mol. The Hall–Kier alpha value is -2.04. The van der Waals surface area contributed by atoms with E-state index in [1.165, 1.54) is 5.56 Å². The maximum Gasteiger partial charge on any atom is 0.324 e. The highest BCUT2D eigenvalue weighted by Gasteiger charge is 2.31. The highest BCUT2D eigenvalue weighted by Crippen LogP contribution is 2.29. The third kappa shape index (κ3) is 2.93. The number of benzene rings is 1. The van der Waals surface area contributed by atoms with Crippen molar-refractivity contribution in [3.05, 3.63) is 29.8 Å². The molecule has 3 amide bonds. The molecular weight excluding hydrogens is 278 g/mol. The van der Waals surface area contributed by atoms with Crippen molar-refractivity contribution in [3.63, 3.8) is 0 Å². The number of fused-ring (bicyclic) bond motifs is 1. The number of carbonyl (C=O) groups excluding carboxylic acids is 2. The zero-order valence-electron chi connectivity index (χ0n) is 13.0. The van der Waals surface area contributed by atoms with Gasteiger partial charge in [0, 0.05) is 37.8 Å². The van der Waals surface area contributed by atoms with E-state index in [0.29, 0.717) is 13.0 Å². The summed E-state index contributed by atoms with van der Waals surface area (Å²) in [5.41, 5.74) is 2.27. The Balaban J connectivity index is 1.66. The Morgan fingerprint density at radius 3 is 2.91 bits per heavy atom. The summed E-state index contributed by atoms with van der Waals surface area (Å²) >= 11 is 0. The lowest BCUT2D eigenvalue weighted by molar-refractivity contribution is -0.121. The molecule has 118 valence electrons. The van der Waals surface area contributed by atoms with Crippen LogP contribution in [0.3, 0.4) is 0 Å². The summed E-state index contributed by atoms with van der Waals surface area (Å²) in [4.78, 5) is 28.1. The molecule has 0 spiro atoms. The van der Waals surface area contributed by atoms with Crippen molar-refractivity contribution in [2.45, 2.75) is 38.6 Å². The van der Waals surface area contributed by atoms with E-state index in [2.05, 4.69) is 11.4 Å².